The topological polar surface area (TPSA) is 38.3 Å². The SMILES string of the molecule is CCOC(=O)C[C@@H](NC)c1cccc(Cl)c1. The van der Waals surface area contributed by atoms with E-state index in [1.807, 2.05) is 31.3 Å². The molecule has 0 radical (unpaired) electrons. The predicted molar refractivity (Wildman–Crippen MR) is 64.5 cm³/mol. The largest absolute Gasteiger partial charge is 0.466 e. The van der Waals surface area contributed by atoms with Gasteiger partial charge in [0, 0.05) is 11.1 Å². The van der Waals surface area contributed by atoms with Crippen LogP contribution in [0.1, 0.15) is 24.9 Å². The van der Waals surface area contributed by atoms with Crippen LogP contribution in [-0.2, 0) is 9.53 Å². The Balaban J connectivity index is 2.70. The fraction of sp³-hybridized carbons (Fsp3) is 0.417. The summed E-state index contributed by atoms with van der Waals surface area (Å²) in [5.41, 5.74) is 0.989. The molecule has 1 atom stereocenters. The Bertz CT molecular complexity index is 355. The van der Waals surface area contributed by atoms with E-state index in [1.54, 1.807) is 6.92 Å². The molecule has 16 heavy (non-hydrogen) atoms. The van der Waals surface area contributed by atoms with Gasteiger partial charge < -0.3 is 10.1 Å². The lowest BCUT2D eigenvalue weighted by Crippen LogP contribution is -2.21. The van der Waals surface area contributed by atoms with Gasteiger partial charge in [-0.05, 0) is 31.7 Å². The van der Waals surface area contributed by atoms with E-state index >= 15 is 0 Å². The predicted octanol–water partition coefficient (Wildman–Crippen LogP) is 2.55. The van der Waals surface area contributed by atoms with E-state index in [-0.39, 0.29) is 12.0 Å². The molecule has 0 fully saturated rings. The van der Waals surface area contributed by atoms with E-state index in [4.69, 9.17) is 16.3 Å². The number of halogens is 1. The highest BCUT2D eigenvalue weighted by molar-refractivity contribution is 6.30. The van der Waals surface area contributed by atoms with Crippen molar-refractivity contribution in [3.05, 3.63) is 34.9 Å². The molecule has 0 aliphatic rings. The lowest BCUT2D eigenvalue weighted by Gasteiger charge is -2.15. The van der Waals surface area contributed by atoms with Gasteiger partial charge in [0.05, 0.1) is 13.0 Å². The smallest absolute Gasteiger partial charge is 0.307 e. The summed E-state index contributed by atoms with van der Waals surface area (Å²) in [4.78, 5) is 11.4. The molecule has 1 N–H and O–H groups in total. The van der Waals surface area contributed by atoms with Crippen molar-refractivity contribution in [3.63, 3.8) is 0 Å². The van der Waals surface area contributed by atoms with Crippen molar-refractivity contribution >= 4 is 17.6 Å². The Morgan fingerprint density at radius 3 is 2.88 bits per heavy atom. The van der Waals surface area contributed by atoms with Crippen LogP contribution in [0.3, 0.4) is 0 Å². The van der Waals surface area contributed by atoms with Gasteiger partial charge >= 0.3 is 5.97 Å². The zero-order valence-electron chi connectivity index (χ0n) is 9.50. The third kappa shape index (κ3) is 3.83. The van der Waals surface area contributed by atoms with Crippen molar-refractivity contribution in [1.29, 1.82) is 0 Å². The first kappa shape index (κ1) is 13.0. The Morgan fingerprint density at radius 2 is 2.31 bits per heavy atom. The van der Waals surface area contributed by atoms with Crippen LogP contribution in [0.5, 0.6) is 0 Å². The highest BCUT2D eigenvalue weighted by Gasteiger charge is 2.14. The summed E-state index contributed by atoms with van der Waals surface area (Å²) in [7, 11) is 1.81. The fourth-order valence-electron chi connectivity index (χ4n) is 1.50. The monoisotopic (exact) mass is 241 g/mol. The quantitative estimate of drug-likeness (QED) is 0.806. The van der Waals surface area contributed by atoms with Crippen molar-refractivity contribution in [2.75, 3.05) is 13.7 Å². The summed E-state index contributed by atoms with van der Waals surface area (Å²) in [6.45, 7) is 2.20. The van der Waals surface area contributed by atoms with Crippen molar-refractivity contribution in [2.24, 2.45) is 0 Å². The van der Waals surface area contributed by atoms with E-state index in [0.29, 0.717) is 18.1 Å². The molecule has 1 rings (SSSR count). The first-order valence-electron chi connectivity index (χ1n) is 5.25. The van der Waals surface area contributed by atoms with E-state index in [1.165, 1.54) is 0 Å². The molecule has 4 heteroatoms. The molecule has 0 unspecified atom stereocenters. The van der Waals surface area contributed by atoms with Gasteiger partial charge in [-0.2, -0.15) is 0 Å². The Morgan fingerprint density at radius 1 is 1.56 bits per heavy atom. The first-order valence-corrected chi connectivity index (χ1v) is 5.63. The van der Waals surface area contributed by atoms with Crippen molar-refractivity contribution in [1.82, 2.24) is 5.32 Å². The van der Waals surface area contributed by atoms with E-state index in [0.717, 1.165) is 5.56 Å². The number of hydrogen-bond acceptors (Lipinski definition) is 3. The average molecular weight is 242 g/mol. The molecule has 0 spiro atoms. The molecule has 88 valence electrons. The molecule has 0 heterocycles. The van der Waals surface area contributed by atoms with E-state index in [9.17, 15) is 4.79 Å². The zero-order chi connectivity index (χ0) is 12.0. The van der Waals surface area contributed by atoms with Gasteiger partial charge in [0.2, 0.25) is 0 Å². The third-order valence-electron chi connectivity index (χ3n) is 2.28. The van der Waals surface area contributed by atoms with Gasteiger partial charge in [0.25, 0.3) is 0 Å². The lowest BCUT2D eigenvalue weighted by molar-refractivity contribution is -0.143. The second kappa shape index (κ2) is 6.51. The van der Waals surface area contributed by atoms with Crippen molar-refractivity contribution < 1.29 is 9.53 Å². The average Bonchev–Trinajstić information content (AvgIpc) is 2.26. The molecule has 0 aliphatic heterocycles. The molecular formula is C12H16ClNO2. The van der Waals surface area contributed by atoms with Crippen LogP contribution in [0.25, 0.3) is 0 Å². The molecule has 0 amide bonds. The molecule has 0 aliphatic carbocycles. The van der Waals surface area contributed by atoms with E-state index in [2.05, 4.69) is 5.32 Å². The minimum Gasteiger partial charge on any atom is -0.466 e. The molecule has 0 saturated heterocycles. The maximum absolute atomic E-state index is 11.4. The third-order valence-corrected chi connectivity index (χ3v) is 2.51. The van der Waals surface area contributed by atoms with Gasteiger partial charge in [0.1, 0.15) is 0 Å². The summed E-state index contributed by atoms with van der Waals surface area (Å²) in [5, 5.41) is 3.74. The minimum absolute atomic E-state index is 0.0576. The first-order chi connectivity index (χ1) is 7.67. The maximum atomic E-state index is 11.4. The van der Waals surface area contributed by atoms with Gasteiger partial charge in [-0.1, -0.05) is 23.7 Å². The highest BCUT2D eigenvalue weighted by Crippen LogP contribution is 2.20. The maximum Gasteiger partial charge on any atom is 0.307 e. The van der Waals surface area contributed by atoms with E-state index < -0.39 is 0 Å². The standard InChI is InChI=1S/C12H16ClNO2/c1-3-16-12(15)8-11(14-2)9-5-4-6-10(13)7-9/h4-7,11,14H,3,8H2,1-2H3/t11-/m1/s1. The van der Waals surface area contributed by atoms with Crippen LogP contribution in [0.4, 0.5) is 0 Å². The molecule has 0 aromatic heterocycles. The van der Waals surface area contributed by atoms with Gasteiger partial charge in [-0.3, -0.25) is 4.79 Å². The second-order valence-electron chi connectivity index (χ2n) is 3.41. The van der Waals surface area contributed by atoms with Gasteiger partial charge in [0.15, 0.2) is 0 Å². The molecule has 1 aromatic carbocycles. The minimum atomic E-state index is -0.207. The Labute approximate surface area is 101 Å². The summed E-state index contributed by atoms with van der Waals surface area (Å²) >= 11 is 5.90. The Kier molecular flexibility index (Phi) is 5.29. The summed E-state index contributed by atoms with van der Waals surface area (Å²) < 4.78 is 4.91. The van der Waals surface area contributed by atoms with Crippen LogP contribution in [0, 0.1) is 0 Å². The lowest BCUT2D eigenvalue weighted by atomic mass is 10.0. The zero-order valence-corrected chi connectivity index (χ0v) is 10.3. The Hall–Kier alpha value is -1.06. The molecule has 0 bridgehead atoms. The normalized spacial score (nSPS) is 12.2. The van der Waals surface area contributed by atoms with Gasteiger partial charge in [-0.25, -0.2) is 0 Å². The van der Waals surface area contributed by atoms with Crippen LogP contribution in [0.15, 0.2) is 24.3 Å². The van der Waals surface area contributed by atoms with Gasteiger partial charge in [-0.15, -0.1) is 0 Å². The summed E-state index contributed by atoms with van der Waals surface area (Å²) in [5.74, 6) is -0.207. The number of carbonyl (C=O) groups excluding carboxylic acids is 1. The molecule has 0 saturated carbocycles. The van der Waals surface area contributed by atoms with Crippen molar-refractivity contribution in [3.8, 4) is 0 Å². The van der Waals surface area contributed by atoms with Crippen LogP contribution in [0.2, 0.25) is 5.02 Å². The number of benzene rings is 1. The van der Waals surface area contributed by atoms with Crippen molar-refractivity contribution in [2.45, 2.75) is 19.4 Å². The number of rotatable bonds is 5. The number of ether oxygens (including phenoxy) is 1. The fourth-order valence-corrected chi connectivity index (χ4v) is 1.70. The van der Waals surface area contributed by atoms with Crippen LogP contribution < -0.4 is 5.32 Å². The number of esters is 1. The molecule has 3 nitrogen and oxygen atoms in total. The number of nitrogens with one attached hydrogen (secondary N) is 1. The number of carbonyl (C=O) groups is 1. The second-order valence-corrected chi connectivity index (χ2v) is 3.84. The molecular weight excluding hydrogens is 226 g/mol. The summed E-state index contributed by atoms with van der Waals surface area (Å²) in [6, 6.07) is 7.40. The van der Waals surface area contributed by atoms with Crippen LogP contribution >= 0.6 is 11.6 Å². The highest BCUT2D eigenvalue weighted by atomic mass is 35.5. The number of hydrogen-bond donors (Lipinski definition) is 1. The van der Waals surface area contributed by atoms with Crippen LogP contribution in [-0.4, -0.2) is 19.6 Å². The molecule has 1 aromatic rings. The summed E-state index contributed by atoms with van der Waals surface area (Å²) in [6.07, 6.45) is 0.310.